The molecule has 2 unspecified atom stereocenters. The summed E-state index contributed by atoms with van der Waals surface area (Å²) in [6.45, 7) is 0.863. The molecule has 0 amide bonds. The zero-order chi connectivity index (χ0) is 15.9. The lowest BCUT2D eigenvalue weighted by atomic mass is 9.86. The molecule has 0 saturated carbocycles. The summed E-state index contributed by atoms with van der Waals surface area (Å²) in [5.74, 6) is 0. The van der Waals surface area contributed by atoms with Crippen LogP contribution in [0.1, 0.15) is 6.92 Å². The van der Waals surface area contributed by atoms with E-state index in [2.05, 4.69) is 0 Å². The molecule has 0 aromatic heterocycles. The van der Waals surface area contributed by atoms with E-state index in [-0.39, 0.29) is 0 Å². The van der Waals surface area contributed by atoms with Gasteiger partial charge in [-0.25, -0.2) is 0 Å². The van der Waals surface area contributed by atoms with Gasteiger partial charge in [0.2, 0.25) is 0 Å². The summed E-state index contributed by atoms with van der Waals surface area (Å²) in [6, 6.07) is 0. The fourth-order valence-electron chi connectivity index (χ4n) is 2.76. The lowest BCUT2D eigenvalue weighted by Gasteiger charge is -2.48. The highest BCUT2D eigenvalue weighted by molar-refractivity contribution is 5.01. The molecular formula is C12H22O9. The molecule has 0 aliphatic carbocycles. The highest BCUT2D eigenvalue weighted by atomic mass is 16.6. The number of rotatable bonds is 2. The molecule has 21 heavy (non-hydrogen) atoms. The van der Waals surface area contributed by atoms with Crippen molar-refractivity contribution in [3.8, 4) is 0 Å². The van der Waals surface area contributed by atoms with Crippen LogP contribution in [0.3, 0.4) is 0 Å². The molecule has 10 atom stereocenters. The van der Waals surface area contributed by atoms with Crippen LogP contribution in [0.4, 0.5) is 0 Å². The van der Waals surface area contributed by atoms with Crippen LogP contribution in [0.15, 0.2) is 0 Å². The molecule has 124 valence electrons. The molecule has 0 radical (unpaired) electrons. The summed E-state index contributed by atoms with van der Waals surface area (Å²) in [4.78, 5) is 0. The van der Waals surface area contributed by atoms with Crippen LogP contribution in [-0.2, 0) is 9.47 Å². The third-order valence-electron chi connectivity index (χ3n) is 4.14. The average molecular weight is 310 g/mol. The van der Waals surface area contributed by atoms with Crippen molar-refractivity contribution < 1.29 is 45.2 Å². The first-order chi connectivity index (χ1) is 9.79. The lowest BCUT2D eigenvalue weighted by Crippen LogP contribution is -2.68. The van der Waals surface area contributed by atoms with Gasteiger partial charge >= 0.3 is 0 Å². The van der Waals surface area contributed by atoms with E-state index in [0.717, 1.165) is 0 Å². The molecule has 0 aromatic rings. The van der Waals surface area contributed by atoms with E-state index in [1.165, 1.54) is 6.92 Å². The van der Waals surface area contributed by atoms with E-state index in [1.807, 2.05) is 0 Å². The van der Waals surface area contributed by atoms with Gasteiger partial charge in [0.05, 0.1) is 12.7 Å². The standard InChI is InChI=1S/C12H22O9/c1-3-5(14)7(16)9(18)11(20-3)12-10(19)8(17)6(15)4(2-13)21-12/h3-19H,2H2,1H3/t3-,4-,5-,6-,7+,8+,9+,10+,11?,12?/m1/s1. The van der Waals surface area contributed by atoms with Crippen molar-refractivity contribution >= 4 is 0 Å². The highest BCUT2D eigenvalue weighted by Crippen LogP contribution is 2.31. The zero-order valence-corrected chi connectivity index (χ0v) is 11.4. The Morgan fingerprint density at radius 2 is 1.14 bits per heavy atom. The number of aliphatic hydroxyl groups excluding tert-OH is 7. The second-order valence-corrected chi connectivity index (χ2v) is 5.57. The molecule has 0 spiro atoms. The molecule has 9 nitrogen and oxygen atoms in total. The highest BCUT2D eigenvalue weighted by Gasteiger charge is 2.53. The van der Waals surface area contributed by atoms with Crippen molar-refractivity contribution in [2.75, 3.05) is 6.61 Å². The monoisotopic (exact) mass is 310 g/mol. The minimum atomic E-state index is -1.60. The van der Waals surface area contributed by atoms with Gasteiger partial charge in [0.1, 0.15) is 54.9 Å². The van der Waals surface area contributed by atoms with Gasteiger partial charge in [-0.05, 0) is 6.92 Å². The molecule has 2 rings (SSSR count). The van der Waals surface area contributed by atoms with E-state index >= 15 is 0 Å². The summed E-state index contributed by atoms with van der Waals surface area (Å²) in [6.07, 6.45) is -13.6. The second kappa shape index (κ2) is 6.41. The number of hydrogen-bond acceptors (Lipinski definition) is 9. The van der Waals surface area contributed by atoms with Crippen molar-refractivity contribution in [1.29, 1.82) is 0 Å². The predicted molar refractivity (Wildman–Crippen MR) is 66.1 cm³/mol. The normalized spacial score (nSPS) is 55.4. The van der Waals surface area contributed by atoms with Crippen LogP contribution in [-0.4, -0.2) is 103 Å². The van der Waals surface area contributed by atoms with Crippen LogP contribution < -0.4 is 0 Å². The minimum absolute atomic E-state index is 0.606. The van der Waals surface area contributed by atoms with E-state index < -0.39 is 67.6 Å². The first-order valence-electron chi connectivity index (χ1n) is 6.79. The quantitative estimate of drug-likeness (QED) is 0.268. The lowest BCUT2D eigenvalue weighted by molar-refractivity contribution is -0.297. The second-order valence-electron chi connectivity index (χ2n) is 5.57. The van der Waals surface area contributed by atoms with Crippen molar-refractivity contribution in [3.63, 3.8) is 0 Å². The molecule has 2 fully saturated rings. The Kier molecular flexibility index (Phi) is 5.19. The summed E-state index contributed by atoms with van der Waals surface area (Å²) in [5, 5.41) is 67.9. The Morgan fingerprint density at radius 1 is 0.667 bits per heavy atom. The Balaban J connectivity index is 2.19. The van der Waals surface area contributed by atoms with Crippen LogP contribution in [0, 0.1) is 0 Å². The molecule has 0 bridgehead atoms. The van der Waals surface area contributed by atoms with Gasteiger partial charge in [-0.3, -0.25) is 0 Å². The van der Waals surface area contributed by atoms with E-state index in [1.54, 1.807) is 0 Å². The number of aliphatic hydroxyl groups is 7. The summed E-state index contributed by atoms with van der Waals surface area (Å²) >= 11 is 0. The summed E-state index contributed by atoms with van der Waals surface area (Å²) < 4.78 is 10.6. The number of hydrogen-bond donors (Lipinski definition) is 7. The Morgan fingerprint density at radius 3 is 1.67 bits per heavy atom. The maximum absolute atomic E-state index is 9.98. The summed E-state index contributed by atoms with van der Waals surface area (Å²) in [5.41, 5.74) is 0. The third-order valence-corrected chi connectivity index (χ3v) is 4.14. The van der Waals surface area contributed by atoms with Gasteiger partial charge in [-0.15, -0.1) is 0 Å². The van der Waals surface area contributed by atoms with Gasteiger partial charge in [0.15, 0.2) is 0 Å². The van der Waals surface area contributed by atoms with Crippen molar-refractivity contribution in [2.45, 2.75) is 68.0 Å². The van der Waals surface area contributed by atoms with Crippen molar-refractivity contribution in [1.82, 2.24) is 0 Å². The summed E-state index contributed by atoms with van der Waals surface area (Å²) in [7, 11) is 0. The SMILES string of the molecule is C[C@H]1OC(C2O[C@H](CO)[C@@H](O)[C@H](O)[C@@H]2O)[C@@H](O)[C@@H](O)[C@@H]1O. The topological polar surface area (TPSA) is 160 Å². The van der Waals surface area contributed by atoms with Gasteiger partial charge in [-0.1, -0.05) is 0 Å². The first-order valence-corrected chi connectivity index (χ1v) is 6.79. The molecule has 2 aliphatic heterocycles. The van der Waals surface area contributed by atoms with Gasteiger partial charge in [0, 0.05) is 0 Å². The molecular weight excluding hydrogens is 288 g/mol. The van der Waals surface area contributed by atoms with Gasteiger partial charge < -0.3 is 45.2 Å². The molecule has 2 saturated heterocycles. The molecule has 2 aliphatic rings. The van der Waals surface area contributed by atoms with E-state index in [0.29, 0.717) is 0 Å². The Hall–Kier alpha value is -0.360. The van der Waals surface area contributed by atoms with Crippen molar-refractivity contribution in [2.24, 2.45) is 0 Å². The van der Waals surface area contributed by atoms with Crippen LogP contribution >= 0.6 is 0 Å². The fraction of sp³-hybridized carbons (Fsp3) is 1.00. The minimum Gasteiger partial charge on any atom is -0.394 e. The van der Waals surface area contributed by atoms with Crippen molar-refractivity contribution in [3.05, 3.63) is 0 Å². The molecule has 0 aromatic carbocycles. The van der Waals surface area contributed by atoms with Gasteiger partial charge in [-0.2, -0.15) is 0 Å². The maximum Gasteiger partial charge on any atom is 0.115 e. The number of ether oxygens (including phenoxy) is 2. The molecule has 9 heteroatoms. The Bertz CT molecular complexity index is 352. The third kappa shape index (κ3) is 2.93. The van der Waals surface area contributed by atoms with E-state index in [4.69, 9.17) is 14.6 Å². The molecule has 2 heterocycles. The smallest absolute Gasteiger partial charge is 0.115 e. The largest absolute Gasteiger partial charge is 0.394 e. The van der Waals surface area contributed by atoms with Crippen LogP contribution in [0.25, 0.3) is 0 Å². The zero-order valence-electron chi connectivity index (χ0n) is 11.4. The van der Waals surface area contributed by atoms with E-state index in [9.17, 15) is 30.6 Å². The van der Waals surface area contributed by atoms with Gasteiger partial charge in [0.25, 0.3) is 0 Å². The predicted octanol–water partition coefficient (Wildman–Crippen LogP) is -4.30. The van der Waals surface area contributed by atoms with Crippen LogP contribution in [0.2, 0.25) is 0 Å². The van der Waals surface area contributed by atoms with Crippen LogP contribution in [0.5, 0.6) is 0 Å². The Labute approximate surface area is 121 Å². The first kappa shape index (κ1) is 17.0. The average Bonchev–Trinajstić information content (AvgIpc) is 2.47. The maximum atomic E-state index is 9.98. The molecule has 7 N–H and O–H groups in total. The fourth-order valence-corrected chi connectivity index (χ4v) is 2.76.